The molecule has 4 N–H and O–H groups in total. The molecule has 0 bridgehead atoms. The van der Waals surface area contributed by atoms with Crippen LogP contribution in [0.4, 0.5) is 0 Å². The fraction of sp³-hybridized carbons (Fsp3) is 0.571. The molecule has 36 heavy (non-hydrogen) atoms. The Kier molecular flexibility index (Phi) is 15.0. The molecule has 0 amide bonds. The molecule has 2 aromatic rings. The number of benzene rings is 2. The van der Waals surface area contributed by atoms with Crippen LogP contribution in [0.1, 0.15) is 62.1 Å². The summed E-state index contributed by atoms with van der Waals surface area (Å²) in [4.78, 5) is 2.63. The number of halogens is 2. The van der Waals surface area contributed by atoms with Gasteiger partial charge in [0.25, 0.3) is 0 Å². The SMILES string of the molecule is CCCN(CCCCCCNCCc1ccc(OC)c(O)c1)[C@H]1CCc2c(ccc(O)c2O)C1.Cl.Cl. The summed E-state index contributed by atoms with van der Waals surface area (Å²) in [6.07, 6.45) is 9.76. The summed E-state index contributed by atoms with van der Waals surface area (Å²) in [7, 11) is 1.56. The van der Waals surface area contributed by atoms with Crippen LogP contribution in [0.3, 0.4) is 0 Å². The Morgan fingerprint density at radius 3 is 2.44 bits per heavy atom. The molecule has 0 radical (unpaired) electrons. The Bertz CT molecular complexity index is 913. The Morgan fingerprint density at radius 1 is 0.944 bits per heavy atom. The lowest BCUT2D eigenvalue weighted by Crippen LogP contribution is -2.40. The number of phenols is 3. The number of aromatic hydroxyl groups is 3. The number of nitrogens with zero attached hydrogens (tertiary/aromatic N) is 1. The van der Waals surface area contributed by atoms with Gasteiger partial charge in [-0.2, -0.15) is 0 Å². The number of ether oxygens (including phenoxy) is 1. The first kappa shape index (κ1) is 32.2. The van der Waals surface area contributed by atoms with Gasteiger partial charge in [-0.05, 0) is 100 Å². The number of rotatable bonds is 14. The zero-order valence-corrected chi connectivity index (χ0v) is 23.3. The van der Waals surface area contributed by atoms with Crippen molar-refractivity contribution in [3.05, 3.63) is 47.0 Å². The van der Waals surface area contributed by atoms with Crippen molar-refractivity contribution in [1.29, 1.82) is 0 Å². The molecule has 3 rings (SSSR count). The number of nitrogens with one attached hydrogen (secondary N) is 1. The van der Waals surface area contributed by atoms with Gasteiger partial charge in [0.1, 0.15) is 0 Å². The van der Waals surface area contributed by atoms with Crippen LogP contribution < -0.4 is 10.1 Å². The van der Waals surface area contributed by atoms with Crippen LogP contribution >= 0.6 is 24.8 Å². The molecular formula is C28H44Cl2N2O4. The summed E-state index contributed by atoms with van der Waals surface area (Å²) >= 11 is 0. The van der Waals surface area contributed by atoms with Crippen LogP contribution in [0.15, 0.2) is 30.3 Å². The molecule has 1 aliphatic carbocycles. The highest BCUT2D eigenvalue weighted by Gasteiger charge is 2.26. The summed E-state index contributed by atoms with van der Waals surface area (Å²) in [5.41, 5.74) is 3.23. The third-order valence-corrected chi connectivity index (χ3v) is 6.95. The first-order chi connectivity index (χ1) is 16.5. The molecule has 0 heterocycles. The maximum absolute atomic E-state index is 10.2. The summed E-state index contributed by atoms with van der Waals surface area (Å²) in [6, 6.07) is 9.71. The van der Waals surface area contributed by atoms with Gasteiger partial charge in [0.15, 0.2) is 23.0 Å². The van der Waals surface area contributed by atoms with Crippen LogP contribution in [0.2, 0.25) is 0 Å². The third-order valence-electron chi connectivity index (χ3n) is 6.95. The molecule has 2 aromatic carbocycles. The summed E-state index contributed by atoms with van der Waals surface area (Å²) in [6.45, 7) is 6.43. The van der Waals surface area contributed by atoms with Gasteiger partial charge in [-0.1, -0.05) is 31.9 Å². The second kappa shape index (κ2) is 16.8. The minimum absolute atomic E-state index is 0. The van der Waals surface area contributed by atoms with Gasteiger partial charge in [0, 0.05) is 11.6 Å². The van der Waals surface area contributed by atoms with E-state index in [1.165, 1.54) is 31.2 Å². The normalized spacial score (nSPS) is 14.6. The first-order valence-electron chi connectivity index (χ1n) is 12.9. The second-order valence-electron chi connectivity index (χ2n) is 9.42. The van der Waals surface area contributed by atoms with Crippen molar-refractivity contribution < 1.29 is 20.1 Å². The van der Waals surface area contributed by atoms with Crippen molar-refractivity contribution in [3.63, 3.8) is 0 Å². The average Bonchev–Trinajstić information content (AvgIpc) is 2.84. The van der Waals surface area contributed by atoms with Crippen molar-refractivity contribution >= 4 is 24.8 Å². The molecule has 0 aromatic heterocycles. The highest BCUT2D eigenvalue weighted by atomic mass is 35.5. The van der Waals surface area contributed by atoms with Crippen molar-refractivity contribution in [1.82, 2.24) is 10.2 Å². The lowest BCUT2D eigenvalue weighted by molar-refractivity contribution is 0.175. The van der Waals surface area contributed by atoms with E-state index in [9.17, 15) is 15.3 Å². The molecular weight excluding hydrogens is 499 g/mol. The molecule has 0 saturated heterocycles. The van der Waals surface area contributed by atoms with E-state index in [-0.39, 0.29) is 42.1 Å². The van der Waals surface area contributed by atoms with Crippen molar-refractivity contribution in [3.8, 4) is 23.0 Å². The quantitative estimate of drug-likeness (QED) is 0.183. The number of fused-ring (bicyclic) bond motifs is 1. The number of hydrogen-bond acceptors (Lipinski definition) is 6. The fourth-order valence-electron chi connectivity index (χ4n) is 5.05. The molecule has 8 heteroatoms. The van der Waals surface area contributed by atoms with Crippen molar-refractivity contribution in [2.75, 3.05) is 33.3 Å². The van der Waals surface area contributed by atoms with Gasteiger partial charge in [-0.25, -0.2) is 0 Å². The maximum atomic E-state index is 10.2. The largest absolute Gasteiger partial charge is 0.504 e. The van der Waals surface area contributed by atoms with Crippen LogP contribution in [-0.4, -0.2) is 59.6 Å². The fourth-order valence-corrected chi connectivity index (χ4v) is 5.05. The maximum Gasteiger partial charge on any atom is 0.160 e. The molecule has 0 fully saturated rings. The van der Waals surface area contributed by atoms with E-state index >= 15 is 0 Å². The van der Waals surface area contributed by atoms with E-state index in [2.05, 4.69) is 17.1 Å². The average molecular weight is 544 g/mol. The van der Waals surface area contributed by atoms with E-state index in [4.69, 9.17) is 4.74 Å². The Balaban J connectivity index is 0.00000324. The summed E-state index contributed by atoms with van der Waals surface area (Å²) in [5.74, 6) is 0.792. The molecule has 0 aliphatic heterocycles. The second-order valence-corrected chi connectivity index (χ2v) is 9.42. The standard InChI is InChI=1S/C28H42N2O4.2ClH/c1-3-17-30(23-10-11-24-22(20-23)9-12-25(31)28(24)33)18-7-5-4-6-15-29-16-14-21-8-13-27(34-2)26(32)19-21;;/h8-9,12-13,19,23,29,31-33H,3-7,10-11,14-18,20H2,1-2H3;2*1H/t23-;;/m0../s1. The topological polar surface area (TPSA) is 85.2 Å². The van der Waals surface area contributed by atoms with Crippen molar-refractivity contribution in [2.45, 2.75) is 70.8 Å². The van der Waals surface area contributed by atoms with Crippen LogP contribution in [0.5, 0.6) is 23.0 Å². The summed E-state index contributed by atoms with van der Waals surface area (Å²) in [5, 5.41) is 33.3. The summed E-state index contributed by atoms with van der Waals surface area (Å²) < 4.78 is 5.09. The van der Waals surface area contributed by atoms with E-state index in [1.54, 1.807) is 19.2 Å². The zero-order valence-electron chi connectivity index (χ0n) is 21.7. The highest BCUT2D eigenvalue weighted by Crippen LogP contribution is 2.36. The lowest BCUT2D eigenvalue weighted by atomic mass is 9.86. The van der Waals surface area contributed by atoms with E-state index < -0.39 is 0 Å². The molecule has 0 spiro atoms. The first-order valence-corrected chi connectivity index (χ1v) is 12.9. The van der Waals surface area contributed by atoms with E-state index in [0.29, 0.717) is 11.8 Å². The predicted octanol–water partition coefficient (Wildman–Crippen LogP) is 5.62. The Labute approximate surface area is 228 Å². The van der Waals surface area contributed by atoms with Gasteiger partial charge in [0.2, 0.25) is 0 Å². The van der Waals surface area contributed by atoms with Gasteiger partial charge in [-0.15, -0.1) is 24.8 Å². The molecule has 6 nitrogen and oxygen atoms in total. The highest BCUT2D eigenvalue weighted by molar-refractivity contribution is 5.85. The third kappa shape index (κ3) is 9.22. The number of unbranched alkanes of at least 4 members (excludes halogenated alkanes) is 3. The number of phenolic OH excluding ortho intramolecular Hbond substituents is 3. The number of hydrogen-bond donors (Lipinski definition) is 4. The van der Waals surface area contributed by atoms with Gasteiger partial charge in [0.05, 0.1) is 7.11 Å². The zero-order chi connectivity index (χ0) is 24.3. The Hall–Kier alpha value is -1.86. The van der Waals surface area contributed by atoms with Crippen LogP contribution in [0.25, 0.3) is 0 Å². The smallest absolute Gasteiger partial charge is 0.160 e. The molecule has 204 valence electrons. The van der Waals surface area contributed by atoms with Crippen LogP contribution in [-0.2, 0) is 19.3 Å². The van der Waals surface area contributed by atoms with E-state index in [1.807, 2.05) is 18.2 Å². The van der Waals surface area contributed by atoms with E-state index in [0.717, 1.165) is 69.4 Å². The molecule has 1 aliphatic rings. The molecule has 0 saturated carbocycles. The predicted molar refractivity (Wildman–Crippen MR) is 152 cm³/mol. The Morgan fingerprint density at radius 2 is 1.72 bits per heavy atom. The number of methoxy groups -OCH3 is 1. The van der Waals surface area contributed by atoms with Gasteiger partial charge < -0.3 is 30.3 Å². The van der Waals surface area contributed by atoms with Gasteiger partial charge in [-0.3, -0.25) is 0 Å². The minimum atomic E-state index is -0.00265. The minimum Gasteiger partial charge on any atom is -0.504 e. The van der Waals surface area contributed by atoms with Crippen LogP contribution in [0, 0.1) is 0 Å². The van der Waals surface area contributed by atoms with Crippen molar-refractivity contribution in [2.24, 2.45) is 0 Å². The molecule has 0 unspecified atom stereocenters. The molecule has 1 atom stereocenters. The van der Waals surface area contributed by atoms with Gasteiger partial charge >= 0.3 is 0 Å². The lowest BCUT2D eigenvalue weighted by Gasteiger charge is -2.35. The monoisotopic (exact) mass is 542 g/mol.